The molecule has 2 atom stereocenters. The SMILES string of the molecule is CSCC[C@H]1OC(=O)[C@H](CCSc2ccccc2)OC1=O. The highest BCUT2D eigenvalue weighted by atomic mass is 32.2. The second-order valence-electron chi connectivity index (χ2n) is 4.58. The largest absolute Gasteiger partial charge is 0.448 e. The van der Waals surface area contributed by atoms with Crippen LogP contribution in [0, 0.1) is 0 Å². The molecular weight excluding hydrogens is 308 g/mol. The van der Waals surface area contributed by atoms with Crippen molar-refractivity contribution in [3.05, 3.63) is 30.3 Å². The van der Waals surface area contributed by atoms with Crippen molar-refractivity contribution in [2.45, 2.75) is 29.9 Å². The Morgan fingerprint density at radius 2 is 1.52 bits per heavy atom. The molecule has 0 unspecified atom stereocenters. The van der Waals surface area contributed by atoms with Gasteiger partial charge in [0, 0.05) is 23.5 Å². The maximum Gasteiger partial charge on any atom is 0.348 e. The Hall–Kier alpha value is -1.14. The molecule has 1 aromatic carbocycles. The van der Waals surface area contributed by atoms with Gasteiger partial charge in [0.15, 0.2) is 12.2 Å². The molecule has 1 aromatic rings. The molecule has 0 bridgehead atoms. The van der Waals surface area contributed by atoms with Crippen LogP contribution in [0.5, 0.6) is 0 Å². The summed E-state index contributed by atoms with van der Waals surface area (Å²) in [6, 6.07) is 9.91. The summed E-state index contributed by atoms with van der Waals surface area (Å²) >= 11 is 3.24. The molecule has 0 N–H and O–H groups in total. The van der Waals surface area contributed by atoms with Crippen molar-refractivity contribution in [3.8, 4) is 0 Å². The normalized spacial score (nSPS) is 21.8. The maximum atomic E-state index is 11.8. The zero-order chi connectivity index (χ0) is 15.1. The Morgan fingerprint density at radius 3 is 2.10 bits per heavy atom. The maximum absolute atomic E-state index is 11.8. The number of thioether (sulfide) groups is 2. The monoisotopic (exact) mass is 326 g/mol. The number of ether oxygens (including phenoxy) is 2. The number of hydrogen-bond donors (Lipinski definition) is 0. The first-order chi connectivity index (χ1) is 10.2. The molecule has 21 heavy (non-hydrogen) atoms. The Morgan fingerprint density at radius 1 is 0.952 bits per heavy atom. The van der Waals surface area contributed by atoms with Crippen LogP contribution in [0.1, 0.15) is 12.8 Å². The standard InChI is InChI=1S/C15H18O4S2/c1-20-9-7-12-14(16)19-13(15(17)18-12)8-10-21-11-5-3-2-4-6-11/h2-6,12-13H,7-10H2,1H3/t12-,13+/m1/s1. The highest BCUT2D eigenvalue weighted by Gasteiger charge is 2.37. The van der Waals surface area contributed by atoms with Crippen LogP contribution in [0.15, 0.2) is 35.2 Å². The Balaban J connectivity index is 1.77. The van der Waals surface area contributed by atoms with E-state index in [1.807, 2.05) is 36.6 Å². The third-order valence-electron chi connectivity index (χ3n) is 3.02. The van der Waals surface area contributed by atoms with E-state index in [0.717, 1.165) is 10.6 Å². The van der Waals surface area contributed by atoms with Gasteiger partial charge in [-0.15, -0.1) is 11.8 Å². The highest BCUT2D eigenvalue weighted by molar-refractivity contribution is 7.99. The van der Waals surface area contributed by atoms with Crippen molar-refractivity contribution < 1.29 is 19.1 Å². The van der Waals surface area contributed by atoms with Gasteiger partial charge in [0.1, 0.15) is 0 Å². The molecule has 0 radical (unpaired) electrons. The molecule has 0 amide bonds. The zero-order valence-electron chi connectivity index (χ0n) is 11.8. The van der Waals surface area contributed by atoms with E-state index in [2.05, 4.69) is 0 Å². The van der Waals surface area contributed by atoms with Crippen molar-refractivity contribution in [1.29, 1.82) is 0 Å². The van der Waals surface area contributed by atoms with Gasteiger partial charge in [0.05, 0.1) is 0 Å². The molecule has 1 heterocycles. The predicted octanol–water partition coefficient (Wildman–Crippen LogP) is 2.76. The predicted molar refractivity (Wildman–Crippen MR) is 84.5 cm³/mol. The number of carbonyl (C=O) groups excluding carboxylic acids is 2. The lowest BCUT2D eigenvalue weighted by atomic mass is 10.2. The fraction of sp³-hybridized carbons (Fsp3) is 0.467. The molecule has 114 valence electrons. The van der Waals surface area contributed by atoms with Gasteiger partial charge < -0.3 is 9.47 Å². The lowest BCUT2D eigenvalue weighted by Gasteiger charge is -2.27. The van der Waals surface area contributed by atoms with Crippen molar-refractivity contribution in [2.75, 3.05) is 17.8 Å². The second kappa shape index (κ2) is 8.34. The Kier molecular flexibility index (Phi) is 6.45. The number of rotatable bonds is 7. The van der Waals surface area contributed by atoms with E-state index in [-0.39, 0.29) is 0 Å². The second-order valence-corrected chi connectivity index (χ2v) is 6.74. The summed E-state index contributed by atoms with van der Waals surface area (Å²) in [6.45, 7) is 0. The van der Waals surface area contributed by atoms with Gasteiger partial charge in [-0.25, -0.2) is 9.59 Å². The van der Waals surface area contributed by atoms with Gasteiger partial charge in [-0.3, -0.25) is 0 Å². The summed E-state index contributed by atoms with van der Waals surface area (Å²) < 4.78 is 10.4. The van der Waals surface area contributed by atoms with E-state index in [1.165, 1.54) is 0 Å². The van der Waals surface area contributed by atoms with E-state index in [0.29, 0.717) is 18.6 Å². The minimum absolute atomic E-state index is 0.418. The van der Waals surface area contributed by atoms with Crippen molar-refractivity contribution in [1.82, 2.24) is 0 Å². The van der Waals surface area contributed by atoms with Crippen LogP contribution >= 0.6 is 23.5 Å². The molecular formula is C15H18O4S2. The average molecular weight is 326 g/mol. The van der Waals surface area contributed by atoms with E-state index in [9.17, 15) is 9.59 Å². The van der Waals surface area contributed by atoms with Gasteiger partial charge in [0.2, 0.25) is 0 Å². The molecule has 1 aliphatic rings. The van der Waals surface area contributed by atoms with Gasteiger partial charge in [-0.1, -0.05) is 18.2 Å². The van der Waals surface area contributed by atoms with Gasteiger partial charge in [-0.05, 0) is 24.1 Å². The third kappa shape index (κ3) is 4.97. The average Bonchev–Trinajstić information content (AvgIpc) is 2.50. The molecule has 0 aliphatic carbocycles. The van der Waals surface area contributed by atoms with Crippen LogP contribution in [-0.2, 0) is 19.1 Å². The van der Waals surface area contributed by atoms with Crippen LogP contribution in [0.4, 0.5) is 0 Å². The summed E-state index contributed by atoms with van der Waals surface area (Å²) in [5.74, 6) is 0.626. The van der Waals surface area contributed by atoms with E-state index in [1.54, 1.807) is 23.5 Å². The van der Waals surface area contributed by atoms with Crippen LogP contribution in [0.2, 0.25) is 0 Å². The molecule has 4 nitrogen and oxygen atoms in total. The number of carbonyl (C=O) groups is 2. The minimum Gasteiger partial charge on any atom is -0.448 e. The lowest BCUT2D eigenvalue weighted by Crippen LogP contribution is -2.44. The zero-order valence-corrected chi connectivity index (χ0v) is 13.5. The quantitative estimate of drug-likeness (QED) is 0.567. The fourth-order valence-electron chi connectivity index (χ4n) is 1.91. The van der Waals surface area contributed by atoms with E-state index in [4.69, 9.17) is 9.47 Å². The van der Waals surface area contributed by atoms with Crippen molar-refractivity contribution >= 4 is 35.5 Å². The van der Waals surface area contributed by atoms with Crippen molar-refractivity contribution in [2.24, 2.45) is 0 Å². The first-order valence-electron chi connectivity index (χ1n) is 6.78. The Bertz CT molecular complexity index is 478. The van der Waals surface area contributed by atoms with E-state index >= 15 is 0 Å². The smallest absolute Gasteiger partial charge is 0.348 e. The highest BCUT2D eigenvalue weighted by Crippen LogP contribution is 2.22. The third-order valence-corrected chi connectivity index (χ3v) is 4.71. The first kappa shape index (κ1) is 16.2. The Labute approximate surface area is 133 Å². The molecule has 1 saturated heterocycles. The first-order valence-corrected chi connectivity index (χ1v) is 9.16. The summed E-state index contributed by atoms with van der Waals surface area (Å²) in [4.78, 5) is 24.7. The van der Waals surface area contributed by atoms with Crippen LogP contribution < -0.4 is 0 Å². The minimum atomic E-state index is -0.765. The summed E-state index contributed by atoms with van der Waals surface area (Å²) in [5.41, 5.74) is 0. The molecule has 1 fully saturated rings. The lowest BCUT2D eigenvalue weighted by molar-refractivity contribution is -0.195. The number of cyclic esters (lactones) is 2. The topological polar surface area (TPSA) is 52.6 Å². The fourth-order valence-corrected chi connectivity index (χ4v) is 3.27. The van der Waals surface area contributed by atoms with Crippen LogP contribution in [0.25, 0.3) is 0 Å². The number of hydrogen-bond acceptors (Lipinski definition) is 6. The molecule has 0 saturated carbocycles. The number of esters is 2. The van der Waals surface area contributed by atoms with Gasteiger partial charge in [0.25, 0.3) is 0 Å². The van der Waals surface area contributed by atoms with Gasteiger partial charge >= 0.3 is 11.9 Å². The molecule has 0 spiro atoms. The number of benzene rings is 1. The van der Waals surface area contributed by atoms with Gasteiger partial charge in [-0.2, -0.15) is 11.8 Å². The van der Waals surface area contributed by atoms with E-state index < -0.39 is 24.1 Å². The summed E-state index contributed by atoms with van der Waals surface area (Å²) in [5, 5.41) is 0. The van der Waals surface area contributed by atoms with Crippen molar-refractivity contribution in [3.63, 3.8) is 0 Å². The molecule has 0 aromatic heterocycles. The van der Waals surface area contributed by atoms with Crippen LogP contribution in [-0.4, -0.2) is 41.9 Å². The van der Waals surface area contributed by atoms with Crippen LogP contribution in [0.3, 0.4) is 0 Å². The summed E-state index contributed by atoms with van der Waals surface area (Å²) in [6.07, 6.45) is 1.43. The molecule has 1 aliphatic heterocycles. The molecule has 6 heteroatoms. The summed E-state index contributed by atoms with van der Waals surface area (Å²) in [7, 11) is 0. The molecule has 2 rings (SSSR count).